The number of carbonyl (C=O) groups is 3. The molecule has 3 aromatic rings. The molecule has 232 valence electrons. The van der Waals surface area contributed by atoms with Gasteiger partial charge in [-0.05, 0) is 55.9 Å². The van der Waals surface area contributed by atoms with Crippen LogP contribution in [-0.2, 0) is 33.8 Å². The summed E-state index contributed by atoms with van der Waals surface area (Å²) in [5.41, 5.74) is 3.11. The highest BCUT2D eigenvalue weighted by Crippen LogP contribution is 2.29. The van der Waals surface area contributed by atoms with Crippen LogP contribution in [0.1, 0.15) is 95.2 Å². The predicted molar refractivity (Wildman–Crippen MR) is 175 cm³/mol. The number of aromatic nitrogens is 2. The van der Waals surface area contributed by atoms with E-state index in [2.05, 4.69) is 17.2 Å². The van der Waals surface area contributed by atoms with Gasteiger partial charge in [-0.25, -0.2) is 9.78 Å². The molecular formula is C34H44ClN3O4S. The van der Waals surface area contributed by atoms with Crippen molar-refractivity contribution >= 4 is 40.4 Å². The smallest absolute Gasteiger partial charge is 0.339 e. The summed E-state index contributed by atoms with van der Waals surface area (Å²) in [6.45, 7) is 13.7. The van der Waals surface area contributed by atoms with E-state index in [0.29, 0.717) is 23.0 Å². The van der Waals surface area contributed by atoms with Crippen LogP contribution in [0.2, 0.25) is 5.15 Å². The molecule has 2 atom stereocenters. The molecule has 1 amide bonds. The van der Waals surface area contributed by atoms with Crippen LogP contribution in [-0.4, -0.2) is 37.4 Å². The monoisotopic (exact) mass is 625 g/mol. The first-order valence-electron chi connectivity index (χ1n) is 14.9. The van der Waals surface area contributed by atoms with Gasteiger partial charge in [0.15, 0.2) is 10.3 Å². The zero-order chi connectivity index (χ0) is 31.7. The summed E-state index contributed by atoms with van der Waals surface area (Å²) in [6, 6.07) is 15.6. The van der Waals surface area contributed by atoms with Crippen molar-refractivity contribution < 1.29 is 19.1 Å². The van der Waals surface area contributed by atoms with Gasteiger partial charge in [-0.15, -0.1) is 0 Å². The molecule has 1 N–H and O–H groups in total. The van der Waals surface area contributed by atoms with Gasteiger partial charge in [0.2, 0.25) is 5.91 Å². The molecule has 2 unspecified atom stereocenters. The fraction of sp³-hybridized carbons (Fsp3) is 0.471. The molecule has 1 heterocycles. The molecule has 0 saturated carbocycles. The molecule has 0 saturated heterocycles. The summed E-state index contributed by atoms with van der Waals surface area (Å²) < 4.78 is 7.82. The number of hydrogen-bond donors (Lipinski definition) is 1. The number of thioether (sulfide) groups is 1. The van der Waals surface area contributed by atoms with Crippen molar-refractivity contribution in [3.63, 3.8) is 0 Å². The number of esters is 1. The van der Waals surface area contributed by atoms with Crippen LogP contribution in [0.5, 0.6) is 0 Å². The quantitative estimate of drug-likeness (QED) is 0.194. The van der Waals surface area contributed by atoms with E-state index in [1.54, 1.807) is 0 Å². The van der Waals surface area contributed by atoms with Gasteiger partial charge in [0.05, 0.1) is 23.1 Å². The second-order valence-electron chi connectivity index (χ2n) is 11.8. The van der Waals surface area contributed by atoms with Gasteiger partial charge in [-0.3, -0.25) is 9.59 Å². The number of halogens is 1. The number of rotatable bonds is 13. The molecule has 0 aliphatic carbocycles. The van der Waals surface area contributed by atoms with Crippen LogP contribution in [0.15, 0.2) is 48.5 Å². The van der Waals surface area contributed by atoms with E-state index in [9.17, 15) is 14.4 Å². The van der Waals surface area contributed by atoms with Crippen molar-refractivity contribution in [1.82, 2.24) is 14.9 Å². The normalized spacial score (nSPS) is 12.9. The number of nitrogens with zero attached hydrogens (tertiary/aromatic N) is 2. The molecule has 0 bridgehead atoms. The van der Waals surface area contributed by atoms with E-state index < -0.39 is 16.8 Å². The number of amides is 1. The summed E-state index contributed by atoms with van der Waals surface area (Å²) in [6.07, 6.45) is 3.42. The fourth-order valence-corrected chi connectivity index (χ4v) is 5.96. The van der Waals surface area contributed by atoms with Crippen LogP contribution in [0, 0.1) is 5.92 Å². The second kappa shape index (κ2) is 15.6. The zero-order valence-electron chi connectivity index (χ0n) is 26.3. The van der Waals surface area contributed by atoms with Gasteiger partial charge >= 0.3 is 5.97 Å². The molecule has 9 heteroatoms. The molecule has 0 aliphatic heterocycles. The number of hydrogen-bond acceptors (Lipinski definition) is 6. The fourth-order valence-electron chi connectivity index (χ4n) is 4.72. The van der Waals surface area contributed by atoms with Crippen molar-refractivity contribution in [1.29, 1.82) is 0 Å². The first-order chi connectivity index (χ1) is 20.3. The summed E-state index contributed by atoms with van der Waals surface area (Å²) >= 11 is 7.74. The van der Waals surface area contributed by atoms with Crippen LogP contribution in [0.25, 0.3) is 11.1 Å². The number of carbonyl (C=O) groups excluding carboxylic acids is 3. The van der Waals surface area contributed by atoms with Crippen molar-refractivity contribution in [2.24, 2.45) is 5.92 Å². The number of nitrogens with one attached hydrogen (secondary N) is 1. The van der Waals surface area contributed by atoms with Crippen LogP contribution in [0.4, 0.5) is 0 Å². The minimum absolute atomic E-state index is 0.0313. The van der Waals surface area contributed by atoms with Crippen LogP contribution < -0.4 is 5.32 Å². The van der Waals surface area contributed by atoms with E-state index in [1.165, 1.54) is 6.92 Å². The van der Waals surface area contributed by atoms with E-state index in [1.807, 2.05) is 87.7 Å². The number of unbranched alkanes of at least 4 members (excludes halogenated alkanes) is 1. The highest BCUT2D eigenvalue weighted by atomic mass is 35.5. The van der Waals surface area contributed by atoms with E-state index in [-0.39, 0.29) is 23.5 Å². The molecule has 2 aromatic carbocycles. The summed E-state index contributed by atoms with van der Waals surface area (Å²) in [7, 11) is 0. The highest BCUT2D eigenvalue weighted by molar-refractivity contribution is 8.14. The first kappa shape index (κ1) is 34.4. The Kier molecular flexibility index (Phi) is 12.5. The third-order valence-electron chi connectivity index (χ3n) is 7.13. The summed E-state index contributed by atoms with van der Waals surface area (Å²) in [5, 5.41) is 2.76. The van der Waals surface area contributed by atoms with Gasteiger partial charge < -0.3 is 14.6 Å². The first-order valence-corrected chi connectivity index (χ1v) is 16.2. The molecule has 3 rings (SSSR count). The van der Waals surface area contributed by atoms with Crippen molar-refractivity contribution in [3.05, 3.63) is 76.3 Å². The van der Waals surface area contributed by atoms with E-state index in [4.69, 9.17) is 16.3 Å². The molecule has 0 spiro atoms. The lowest BCUT2D eigenvalue weighted by Crippen LogP contribution is -2.37. The predicted octanol–water partition coefficient (Wildman–Crippen LogP) is 7.86. The van der Waals surface area contributed by atoms with E-state index >= 15 is 0 Å². The maximum Gasteiger partial charge on any atom is 0.339 e. The van der Waals surface area contributed by atoms with E-state index in [0.717, 1.165) is 60.0 Å². The average molecular weight is 626 g/mol. The molecule has 1 aromatic heterocycles. The zero-order valence-corrected chi connectivity index (χ0v) is 27.9. The number of ether oxygens (including phenoxy) is 1. The maximum absolute atomic E-state index is 13.4. The van der Waals surface area contributed by atoms with Gasteiger partial charge in [0.25, 0.3) is 0 Å². The van der Waals surface area contributed by atoms with Gasteiger partial charge in [-0.1, -0.05) is 99.4 Å². The molecular weight excluding hydrogens is 582 g/mol. The Morgan fingerprint density at radius 3 is 2.40 bits per heavy atom. The van der Waals surface area contributed by atoms with Crippen molar-refractivity contribution in [2.45, 2.75) is 98.1 Å². The summed E-state index contributed by atoms with van der Waals surface area (Å²) in [5.74, 6) is 0.255. The van der Waals surface area contributed by atoms with Crippen molar-refractivity contribution in [2.75, 3.05) is 0 Å². The number of benzene rings is 2. The maximum atomic E-state index is 13.4. The molecule has 7 nitrogen and oxygen atoms in total. The Hall–Kier alpha value is -3.10. The third-order valence-corrected chi connectivity index (χ3v) is 8.69. The molecule has 0 fully saturated rings. The number of aryl methyl sites for hydroxylation is 1. The minimum Gasteiger partial charge on any atom is -0.456 e. The van der Waals surface area contributed by atoms with Crippen LogP contribution in [0.3, 0.4) is 0 Å². The summed E-state index contributed by atoms with van der Waals surface area (Å²) in [4.78, 5) is 43.1. The Bertz CT molecular complexity index is 1410. The lowest BCUT2D eigenvalue weighted by molar-refractivity contribution is -0.121. The standard InChI is InChI=1S/C34H44ClN3O4S/c1-8-10-16-29-37-31(35)28(20-36-32(40)30(22(3)9-2)43-23(4)39)38(29)21-24-17-18-26(25-14-12-11-13-15-25)27(19-24)33(41)42-34(5,6)7/h11-15,17-19,22,30H,8-10,16,20-21H2,1-7H3,(H,36,40). The third kappa shape index (κ3) is 9.70. The molecule has 43 heavy (non-hydrogen) atoms. The van der Waals surface area contributed by atoms with Gasteiger partial charge in [-0.2, -0.15) is 0 Å². The van der Waals surface area contributed by atoms with Gasteiger partial charge in [0, 0.05) is 19.9 Å². The van der Waals surface area contributed by atoms with Crippen LogP contribution >= 0.6 is 23.4 Å². The lowest BCUT2D eigenvalue weighted by Gasteiger charge is -2.22. The minimum atomic E-state index is -0.647. The van der Waals surface area contributed by atoms with Crippen molar-refractivity contribution in [3.8, 4) is 11.1 Å². The molecule has 0 radical (unpaired) electrons. The Morgan fingerprint density at radius 1 is 1.09 bits per heavy atom. The van der Waals surface area contributed by atoms with Gasteiger partial charge in [0.1, 0.15) is 11.4 Å². The average Bonchev–Trinajstić information content (AvgIpc) is 3.25. The Morgan fingerprint density at radius 2 is 1.79 bits per heavy atom. The Labute approximate surface area is 265 Å². The Balaban J connectivity index is 1.99. The second-order valence-corrected chi connectivity index (χ2v) is 13.5. The topological polar surface area (TPSA) is 90.3 Å². The highest BCUT2D eigenvalue weighted by Gasteiger charge is 2.27. The largest absolute Gasteiger partial charge is 0.456 e. The molecule has 0 aliphatic rings. The SMILES string of the molecule is CCCCc1nc(Cl)c(CNC(=O)C(SC(C)=O)C(C)CC)n1Cc1ccc(-c2ccccc2)c(C(=O)OC(C)(C)C)c1. The lowest BCUT2D eigenvalue weighted by atomic mass is 9.97. The number of imidazole rings is 1.